The summed E-state index contributed by atoms with van der Waals surface area (Å²) in [6.07, 6.45) is 2.84. The van der Waals surface area contributed by atoms with Crippen LogP contribution in [0.2, 0.25) is 0 Å². The number of nitrogens with zero attached hydrogens (tertiary/aromatic N) is 2. The summed E-state index contributed by atoms with van der Waals surface area (Å²) in [7, 11) is 1.91. The SMILES string of the molecule is Cn1ccc(CCNCc2ccc(F)cc2)n1. The minimum Gasteiger partial charge on any atom is -0.312 e. The summed E-state index contributed by atoms with van der Waals surface area (Å²) >= 11 is 0. The quantitative estimate of drug-likeness (QED) is 0.799. The van der Waals surface area contributed by atoms with Crippen molar-refractivity contribution in [3.8, 4) is 0 Å². The third-order valence-electron chi connectivity index (χ3n) is 2.57. The lowest BCUT2D eigenvalue weighted by Gasteiger charge is -2.03. The Hall–Kier alpha value is -1.68. The molecule has 2 rings (SSSR count). The van der Waals surface area contributed by atoms with Crippen LogP contribution in [0.1, 0.15) is 11.3 Å². The maximum absolute atomic E-state index is 12.7. The highest BCUT2D eigenvalue weighted by atomic mass is 19.1. The number of hydrogen-bond donors (Lipinski definition) is 1. The predicted molar refractivity (Wildman–Crippen MR) is 65.0 cm³/mol. The zero-order chi connectivity index (χ0) is 12.1. The van der Waals surface area contributed by atoms with Crippen molar-refractivity contribution in [1.29, 1.82) is 0 Å². The van der Waals surface area contributed by atoms with Crippen LogP contribution < -0.4 is 5.32 Å². The van der Waals surface area contributed by atoms with Crippen molar-refractivity contribution < 1.29 is 4.39 Å². The van der Waals surface area contributed by atoms with Crippen LogP contribution in [0.3, 0.4) is 0 Å². The summed E-state index contributed by atoms with van der Waals surface area (Å²) < 4.78 is 14.5. The number of hydrogen-bond acceptors (Lipinski definition) is 2. The number of benzene rings is 1. The van der Waals surface area contributed by atoms with Crippen LogP contribution in [0.15, 0.2) is 36.5 Å². The van der Waals surface area contributed by atoms with Crippen LogP contribution in [-0.4, -0.2) is 16.3 Å². The van der Waals surface area contributed by atoms with E-state index in [1.54, 1.807) is 16.8 Å². The first-order chi connectivity index (χ1) is 8.24. The Morgan fingerprint density at radius 2 is 2.00 bits per heavy atom. The molecule has 0 aliphatic heterocycles. The highest BCUT2D eigenvalue weighted by Crippen LogP contribution is 2.02. The monoisotopic (exact) mass is 233 g/mol. The molecular formula is C13H16FN3. The number of nitrogens with one attached hydrogen (secondary N) is 1. The molecule has 1 aromatic heterocycles. The molecule has 3 nitrogen and oxygen atoms in total. The molecule has 0 aliphatic carbocycles. The summed E-state index contributed by atoms with van der Waals surface area (Å²) in [5.74, 6) is -0.192. The van der Waals surface area contributed by atoms with Crippen molar-refractivity contribution in [2.75, 3.05) is 6.54 Å². The Bertz CT molecular complexity index is 462. The Kier molecular flexibility index (Phi) is 3.88. The molecule has 0 bridgehead atoms. The van der Waals surface area contributed by atoms with Gasteiger partial charge in [0, 0.05) is 32.8 Å². The van der Waals surface area contributed by atoms with Gasteiger partial charge in [0.25, 0.3) is 0 Å². The standard InChI is InChI=1S/C13H16FN3/c1-17-9-7-13(16-17)6-8-15-10-11-2-4-12(14)5-3-11/h2-5,7,9,15H,6,8,10H2,1H3. The van der Waals surface area contributed by atoms with Crippen molar-refractivity contribution in [2.24, 2.45) is 7.05 Å². The fourth-order valence-corrected chi connectivity index (χ4v) is 1.65. The number of aromatic nitrogens is 2. The molecule has 0 amide bonds. The second kappa shape index (κ2) is 5.59. The molecule has 4 heteroatoms. The summed E-state index contributed by atoms with van der Waals surface area (Å²) in [5.41, 5.74) is 2.17. The van der Waals surface area contributed by atoms with E-state index in [2.05, 4.69) is 10.4 Å². The van der Waals surface area contributed by atoms with Crippen LogP contribution in [-0.2, 0) is 20.0 Å². The molecule has 0 unspecified atom stereocenters. The van der Waals surface area contributed by atoms with E-state index in [0.717, 1.165) is 30.8 Å². The number of rotatable bonds is 5. The van der Waals surface area contributed by atoms with Gasteiger partial charge in [-0.25, -0.2) is 4.39 Å². The first kappa shape index (κ1) is 11.8. The van der Waals surface area contributed by atoms with E-state index in [-0.39, 0.29) is 5.82 Å². The third-order valence-corrected chi connectivity index (χ3v) is 2.57. The van der Waals surface area contributed by atoms with E-state index >= 15 is 0 Å². The first-order valence-electron chi connectivity index (χ1n) is 5.68. The smallest absolute Gasteiger partial charge is 0.123 e. The lowest BCUT2D eigenvalue weighted by molar-refractivity contribution is 0.624. The topological polar surface area (TPSA) is 29.9 Å². The van der Waals surface area contributed by atoms with E-state index in [9.17, 15) is 4.39 Å². The van der Waals surface area contributed by atoms with Gasteiger partial charge in [0.15, 0.2) is 0 Å². The Morgan fingerprint density at radius 3 is 2.65 bits per heavy atom. The Morgan fingerprint density at radius 1 is 1.24 bits per heavy atom. The number of halogens is 1. The lowest BCUT2D eigenvalue weighted by Crippen LogP contribution is -2.16. The molecule has 0 atom stereocenters. The summed E-state index contributed by atoms with van der Waals surface area (Å²) in [4.78, 5) is 0. The van der Waals surface area contributed by atoms with Crippen LogP contribution in [0.25, 0.3) is 0 Å². The zero-order valence-corrected chi connectivity index (χ0v) is 9.86. The normalized spacial score (nSPS) is 10.7. The average Bonchev–Trinajstić information content (AvgIpc) is 2.73. The molecule has 2 aromatic rings. The summed E-state index contributed by atoms with van der Waals surface area (Å²) in [6, 6.07) is 8.57. The highest BCUT2D eigenvalue weighted by molar-refractivity contribution is 5.15. The van der Waals surface area contributed by atoms with Gasteiger partial charge in [-0.1, -0.05) is 12.1 Å². The van der Waals surface area contributed by atoms with Crippen molar-refractivity contribution in [3.63, 3.8) is 0 Å². The van der Waals surface area contributed by atoms with Gasteiger partial charge in [-0.2, -0.15) is 5.10 Å². The maximum atomic E-state index is 12.7. The molecule has 90 valence electrons. The van der Waals surface area contributed by atoms with Gasteiger partial charge in [-0.3, -0.25) is 4.68 Å². The molecule has 0 aliphatic rings. The molecule has 0 radical (unpaired) electrons. The average molecular weight is 233 g/mol. The van der Waals surface area contributed by atoms with Crippen LogP contribution in [0.5, 0.6) is 0 Å². The fourth-order valence-electron chi connectivity index (χ4n) is 1.65. The van der Waals surface area contributed by atoms with Crippen molar-refractivity contribution in [3.05, 3.63) is 53.6 Å². The largest absolute Gasteiger partial charge is 0.312 e. The third kappa shape index (κ3) is 3.67. The fraction of sp³-hybridized carbons (Fsp3) is 0.308. The molecule has 0 spiro atoms. The Labute approximate surface area is 100 Å². The zero-order valence-electron chi connectivity index (χ0n) is 9.86. The van der Waals surface area contributed by atoms with Gasteiger partial charge in [0.1, 0.15) is 5.82 Å². The van der Waals surface area contributed by atoms with E-state index in [0.29, 0.717) is 0 Å². The molecule has 0 saturated heterocycles. The van der Waals surface area contributed by atoms with Gasteiger partial charge in [-0.05, 0) is 23.8 Å². The molecule has 0 fully saturated rings. The minimum absolute atomic E-state index is 0.192. The van der Waals surface area contributed by atoms with Gasteiger partial charge < -0.3 is 5.32 Å². The van der Waals surface area contributed by atoms with E-state index < -0.39 is 0 Å². The molecule has 1 heterocycles. The maximum Gasteiger partial charge on any atom is 0.123 e. The number of aryl methyl sites for hydroxylation is 1. The Balaban J connectivity index is 1.71. The van der Waals surface area contributed by atoms with Gasteiger partial charge in [0.05, 0.1) is 5.69 Å². The minimum atomic E-state index is -0.192. The van der Waals surface area contributed by atoms with Crippen molar-refractivity contribution in [2.45, 2.75) is 13.0 Å². The van der Waals surface area contributed by atoms with Gasteiger partial charge >= 0.3 is 0 Å². The van der Waals surface area contributed by atoms with E-state index in [4.69, 9.17) is 0 Å². The second-order valence-electron chi connectivity index (χ2n) is 4.03. The molecule has 17 heavy (non-hydrogen) atoms. The van der Waals surface area contributed by atoms with Gasteiger partial charge in [0.2, 0.25) is 0 Å². The summed E-state index contributed by atoms with van der Waals surface area (Å²) in [6.45, 7) is 1.63. The van der Waals surface area contributed by atoms with Crippen molar-refractivity contribution >= 4 is 0 Å². The molecular weight excluding hydrogens is 217 g/mol. The first-order valence-corrected chi connectivity index (χ1v) is 5.68. The van der Waals surface area contributed by atoms with Crippen molar-refractivity contribution in [1.82, 2.24) is 15.1 Å². The summed E-state index contributed by atoms with van der Waals surface area (Å²) in [5, 5.41) is 7.60. The molecule has 0 saturated carbocycles. The van der Waals surface area contributed by atoms with E-state index in [1.807, 2.05) is 19.3 Å². The lowest BCUT2D eigenvalue weighted by atomic mass is 10.2. The molecule has 1 aromatic carbocycles. The van der Waals surface area contributed by atoms with Gasteiger partial charge in [-0.15, -0.1) is 0 Å². The highest BCUT2D eigenvalue weighted by Gasteiger charge is 1.97. The second-order valence-corrected chi connectivity index (χ2v) is 4.03. The predicted octanol–water partition coefficient (Wildman–Crippen LogP) is 1.89. The van der Waals surface area contributed by atoms with Crippen LogP contribution >= 0.6 is 0 Å². The molecule has 1 N–H and O–H groups in total. The van der Waals surface area contributed by atoms with Crippen LogP contribution in [0.4, 0.5) is 4.39 Å². The van der Waals surface area contributed by atoms with Crippen LogP contribution in [0, 0.1) is 5.82 Å². The van der Waals surface area contributed by atoms with E-state index in [1.165, 1.54) is 12.1 Å².